The van der Waals surface area contributed by atoms with Crippen molar-refractivity contribution in [1.82, 2.24) is 15.3 Å². The predicted molar refractivity (Wildman–Crippen MR) is 132 cm³/mol. The summed E-state index contributed by atoms with van der Waals surface area (Å²) in [6.45, 7) is 3.52. The summed E-state index contributed by atoms with van der Waals surface area (Å²) in [6, 6.07) is 4.20. The molecule has 1 aliphatic rings. The van der Waals surface area contributed by atoms with Crippen LogP contribution in [0.5, 0.6) is 5.75 Å². The number of alkyl halides is 3. The Kier molecular flexibility index (Phi) is 9.34. The summed E-state index contributed by atoms with van der Waals surface area (Å²) >= 11 is 0. The number of nitrogens with zero attached hydrogens (tertiary/aromatic N) is 2. The molecule has 0 aliphatic heterocycles. The number of nitrogens with one attached hydrogen (secondary N) is 2. The van der Waals surface area contributed by atoms with Crippen molar-refractivity contribution < 1.29 is 32.6 Å². The number of ether oxygens (including phenoxy) is 1. The molecular weight excluding hydrogens is 489 g/mol. The maximum Gasteiger partial charge on any atom is 0.419 e. The fourth-order valence-electron chi connectivity index (χ4n) is 4.91. The Labute approximate surface area is 214 Å². The highest BCUT2D eigenvalue weighted by Crippen LogP contribution is 2.35. The van der Waals surface area contributed by atoms with Crippen molar-refractivity contribution >= 4 is 23.5 Å². The van der Waals surface area contributed by atoms with Crippen molar-refractivity contribution in [1.29, 1.82) is 0 Å². The molecular formula is C26H33F3N4O4. The molecule has 1 fully saturated rings. The number of aromatic carboxylic acids is 1. The van der Waals surface area contributed by atoms with E-state index in [1.165, 1.54) is 32.2 Å². The highest BCUT2D eigenvalue weighted by atomic mass is 19.4. The summed E-state index contributed by atoms with van der Waals surface area (Å²) < 4.78 is 46.3. The zero-order chi connectivity index (χ0) is 27.2. The van der Waals surface area contributed by atoms with E-state index >= 15 is 0 Å². The molecule has 1 aromatic heterocycles. The van der Waals surface area contributed by atoms with Crippen LogP contribution >= 0.6 is 0 Å². The van der Waals surface area contributed by atoms with Crippen molar-refractivity contribution in [2.45, 2.75) is 71.0 Å². The van der Waals surface area contributed by atoms with Crippen molar-refractivity contribution in [3.8, 4) is 5.75 Å². The second-order valence-electron chi connectivity index (χ2n) is 9.63. The molecule has 0 spiro atoms. The van der Waals surface area contributed by atoms with Gasteiger partial charge in [0.2, 0.25) is 11.9 Å². The molecule has 1 saturated carbocycles. The first-order valence-corrected chi connectivity index (χ1v) is 12.4. The maximum atomic E-state index is 13.7. The van der Waals surface area contributed by atoms with E-state index in [4.69, 9.17) is 9.84 Å². The van der Waals surface area contributed by atoms with Crippen molar-refractivity contribution in [2.75, 3.05) is 12.4 Å². The van der Waals surface area contributed by atoms with E-state index in [1.807, 2.05) is 6.92 Å². The van der Waals surface area contributed by atoms with Crippen LogP contribution in [0.3, 0.4) is 0 Å². The largest absolute Gasteiger partial charge is 0.495 e. The molecule has 37 heavy (non-hydrogen) atoms. The number of hydrogen-bond acceptors (Lipinski definition) is 6. The van der Waals surface area contributed by atoms with Crippen molar-refractivity contribution in [3.63, 3.8) is 0 Å². The zero-order valence-electron chi connectivity index (χ0n) is 21.2. The lowest BCUT2D eigenvalue weighted by Crippen LogP contribution is -2.41. The molecule has 0 bridgehead atoms. The first-order chi connectivity index (χ1) is 17.5. The average molecular weight is 523 g/mol. The lowest BCUT2D eigenvalue weighted by atomic mass is 9.78. The molecule has 3 N–H and O–H groups in total. The number of rotatable bonds is 10. The average Bonchev–Trinajstić information content (AvgIpc) is 2.83. The van der Waals surface area contributed by atoms with E-state index in [0.29, 0.717) is 18.0 Å². The molecule has 1 amide bonds. The lowest BCUT2D eigenvalue weighted by Gasteiger charge is -2.33. The van der Waals surface area contributed by atoms with Gasteiger partial charge in [0.15, 0.2) is 0 Å². The Bertz CT molecular complexity index is 1110. The smallest absolute Gasteiger partial charge is 0.419 e. The van der Waals surface area contributed by atoms with E-state index in [2.05, 4.69) is 20.6 Å². The Morgan fingerprint density at radius 2 is 1.97 bits per heavy atom. The minimum absolute atomic E-state index is 0.00382. The van der Waals surface area contributed by atoms with Gasteiger partial charge in [-0.2, -0.15) is 13.2 Å². The fourth-order valence-corrected chi connectivity index (χ4v) is 4.91. The van der Waals surface area contributed by atoms with E-state index in [0.717, 1.165) is 38.3 Å². The number of amides is 1. The summed E-state index contributed by atoms with van der Waals surface area (Å²) in [6.07, 6.45) is 1.66. The van der Waals surface area contributed by atoms with E-state index in [-0.39, 0.29) is 47.2 Å². The standard InChI is InChI=1S/C26H33F3N4O4/c1-15(12-17-6-4-5-7-20(17)31-16(2)34)8-10-21-19(26(27,28)29)14-30-25(32-21)33-22-11-9-18(24(35)36)13-23(22)37-3/h9,11,13-15,17,20H,4-8,10,12H2,1-3H3,(H,31,34)(H,35,36)(H,30,32,33). The monoisotopic (exact) mass is 522 g/mol. The van der Waals surface area contributed by atoms with Gasteiger partial charge in [-0.1, -0.05) is 19.8 Å². The first-order valence-electron chi connectivity index (χ1n) is 12.4. The second-order valence-corrected chi connectivity index (χ2v) is 9.63. The van der Waals surface area contributed by atoms with Gasteiger partial charge in [-0.05, 0) is 62.1 Å². The number of carbonyl (C=O) groups excluding carboxylic acids is 1. The lowest BCUT2D eigenvalue weighted by molar-refractivity contribution is -0.138. The predicted octanol–water partition coefficient (Wildman–Crippen LogP) is 5.60. The minimum atomic E-state index is -4.60. The van der Waals surface area contributed by atoms with Gasteiger partial charge in [0.25, 0.3) is 0 Å². The fraction of sp³-hybridized carbons (Fsp3) is 0.538. The van der Waals surface area contributed by atoms with Crippen LogP contribution in [0.2, 0.25) is 0 Å². The van der Waals surface area contributed by atoms with Gasteiger partial charge in [0.05, 0.1) is 29.6 Å². The molecule has 3 rings (SSSR count). The Morgan fingerprint density at radius 3 is 2.62 bits per heavy atom. The summed E-state index contributed by atoms with van der Waals surface area (Å²) in [5, 5.41) is 15.0. The van der Waals surface area contributed by atoms with Gasteiger partial charge in [-0.25, -0.2) is 14.8 Å². The molecule has 0 radical (unpaired) electrons. The molecule has 3 unspecified atom stereocenters. The first kappa shape index (κ1) is 28.2. The minimum Gasteiger partial charge on any atom is -0.495 e. The van der Waals surface area contributed by atoms with Gasteiger partial charge in [-0.15, -0.1) is 0 Å². The van der Waals surface area contributed by atoms with E-state index in [9.17, 15) is 22.8 Å². The van der Waals surface area contributed by atoms with E-state index < -0.39 is 17.7 Å². The van der Waals surface area contributed by atoms with Crippen LogP contribution in [0.25, 0.3) is 0 Å². The normalized spacial score (nSPS) is 18.6. The van der Waals surface area contributed by atoms with Crippen LogP contribution in [-0.4, -0.2) is 40.1 Å². The van der Waals surface area contributed by atoms with Gasteiger partial charge in [0.1, 0.15) is 5.75 Å². The number of benzene rings is 1. The molecule has 11 heteroatoms. The maximum absolute atomic E-state index is 13.7. The number of hydrogen-bond donors (Lipinski definition) is 3. The number of carboxylic acids is 1. The third-order valence-corrected chi connectivity index (χ3v) is 6.74. The summed E-state index contributed by atoms with van der Waals surface area (Å²) in [5.41, 5.74) is -0.663. The van der Waals surface area contributed by atoms with Crippen LogP contribution in [-0.2, 0) is 17.4 Å². The van der Waals surface area contributed by atoms with Crippen LogP contribution in [0.1, 0.15) is 74.0 Å². The Morgan fingerprint density at radius 1 is 1.24 bits per heavy atom. The second kappa shape index (κ2) is 12.2. The third-order valence-electron chi connectivity index (χ3n) is 6.74. The molecule has 1 heterocycles. The molecule has 0 saturated heterocycles. The summed E-state index contributed by atoms with van der Waals surface area (Å²) in [7, 11) is 1.36. The number of carboxylic acid groups (broad SMARTS) is 1. The Balaban J connectivity index is 1.75. The number of aromatic nitrogens is 2. The SMILES string of the molecule is COc1cc(C(=O)O)ccc1Nc1ncc(C(F)(F)F)c(CCC(C)CC2CCCCC2NC(C)=O)n1. The molecule has 1 aliphatic carbocycles. The number of halogens is 3. The van der Waals surface area contributed by atoms with Crippen LogP contribution in [0, 0.1) is 11.8 Å². The van der Waals surface area contributed by atoms with Crippen LogP contribution in [0.15, 0.2) is 24.4 Å². The van der Waals surface area contributed by atoms with Gasteiger partial charge >= 0.3 is 12.1 Å². The van der Waals surface area contributed by atoms with Crippen LogP contribution in [0.4, 0.5) is 24.8 Å². The molecule has 2 aromatic rings. The van der Waals surface area contributed by atoms with Crippen molar-refractivity contribution in [3.05, 3.63) is 41.2 Å². The summed E-state index contributed by atoms with van der Waals surface area (Å²) in [5.74, 6) is -0.609. The zero-order valence-corrected chi connectivity index (χ0v) is 21.2. The molecule has 202 valence electrons. The van der Waals surface area contributed by atoms with Gasteiger partial charge in [-0.3, -0.25) is 4.79 Å². The number of carbonyl (C=O) groups is 2. The number of aryl methyl sites for hydroxylation is 1. The topological polar surface area (TPSA) is 113 Å². The highest BCUT2D eigenvalue weighted by Gasteiger charge is 2.35. The highest BCUT2D eigenvalue weighted by molar-refractivity contribution is 5.89. The molecule has 3 atom stereocenters. The Hall–Kier alpha value is -3.37. The van der Waals surface area contributed by atoms with E-state index in [1.54, 1.807) is 0 Å². The molecule has 8 nitrogen and oxygen atoms in total. The number of methoxy groups -OCH3 is 1. The van der Waals surface area contributed by atoms with Crippen LogP contribution < -0.4 is 15.4 Å². The molecule has 1 aromatic carbocycles. The third kappa shape index (κ3) is 7.80. The van der Waals surface area contributed by atoms with Crippen molar-refractivity contribution in [2.24, 2.45) is 11.8 Å². The quantitative estimate of drug-likeness (QED) is 0.372. The van der Waals surface area contributed by atoms with Gasteiger partial charge < -0.3 is 20.5 Å². The van der Waals surface area contributed by atoms with Gasteiger partial charge in [0, 0.05) is 19.2 Å². The number of anilines is 2. The summed E-state index contributed by atoms with van der Waals surface area (Å²) in [4.78, 5) is 30.8.